The SMILES string of the molecule is CC(C)(COP(=O)(O)OP(=O)(O)OCC1OC(n2cnc3c(N)ncnc32)C(O)C1OP(=O)(O)O)C(O)C(=O)NCCC(=O)NCCNC(=O)CCC(=O)SCCNC(=O)CCNC(=O)C(O)C(C)(C)COP(=O)(O)OP(=O)(O)OCC1OC(n2cnc3c(N)ncnc32)C(O)C1OP(=O)(O)O. The first-order valence-electron chi connectivity index (χ1n) is 29.4. The minimum absolute atomic E-state index is 0.0116. The van der Waals surface area contributed by atoms with Crippen LogP contribution in [0.5, 0.6) is 0 Å². The van der Waals surface area contributed by atoms with Crippen LogP contribution in [0.3, 0.4) is 0 Å². The van der Waals surface area contributed by atoms with Crippen molar-refractivity contribution < 1.29 is 161 Å². The van der Waals surface area contributed by atoms with Crippen LogP contribution < -0.4 is 38.1 Å². The number of carbonyl (C=O) groups is 6. The van der Waals surface area contributed by atoms with E-state index in [1.54, 1.807) is 0 Å². The summed E-state index contributed by atoms with van der Waals surface area (Å²) in [6.45, 7) is -0.489. The number of thioether (sulfide) groups is 1. The first-order chi connectivity index (χ1) is 47.2. The minimum atomic E-state index is -5.67. The summed E-state index contributed by atoms with van der Waals surface area (Å²) in [5.41, 5.74) is 8.16. The number of hydrogen-bond acceptors (Lipinski definition) is 35. The van der Waals surface area contributed by atoms with Gasteiger partial charge in [0.05, 0.1) is 39.1 Å². The van der Waals surface area contributed by atoms with Crippen LogP contribution in [-0.4, -0.2) is 247 Å². The Bertz CT molecular complexity index is 3700. The number of phosphoric acid groups is 6. The van der Waals surface area contributed by atoms with Crippen LogP contribution in [0.25, 0.3) is 22.3 Å². The number of ether oxygens (including phenoxy) is 2. The molecule has 0 bridgehead atoms. The number of anilines is 2. The zero-order chi connectivity index (χ0) is 76.1. The molecule has 574 valence electrons. The highest BCUT2D eigenvalue weighted by Crippen LogP contribution is 2.63. The van der Waals surface area contributed by atoms with E-state index in [1.165, 1.54) is 27.7 Å². The van der Waals surface area contributed by atoms with Crippen molar-refractivity contribution in [2.24, 2.45) is 10.8 Å². The van der Waals surface area contributed by atoms with E-state index >= 15 is 0 Å². The highest BCUT2D eigenvalue weighted by molar-refractivity contribution is 8.13. The van der Waals surface area contributed by atoms with Crippen LogP contribution >= 0.6 is 58.7 Å². The summed E-state index contributed by atoms with van der Waals surface area (Å²) in [7, 11) is -33.3. The van der Waals surface area contributed by atoms with Gasteiger partial charge in [0.1, 0.15) is 72.5 Å². The molecule has 0 aliphatic carbocycles. The molecule has 0 radical (unpaired) electrons. The number of rotatable bonds is 41. The molecule has 2 fully saturated rings. The third kappa shape index (κ3) is 25.7. The molecule has 21 N–H and O–H groups in total. The number of imidazole rings is 2. The number of phosphoric ester groups is 6. The van der Waals surface area contributed by atoms with Crippen LogP contribution in [0.1, 0.15) is 65.8 Å². The van der Waals surface area contributed by atoms with E-state index in [2.05, 4.69) is 74.2 Å². The number of nitrogen functional groups attached to an aromatic ring is 2. The molecule has 6 rings (SSSR count). The van der Waals surface area contributed by atoms with Crippen LogP contribution in [0.4, 0.5) is 11.6 Å². The van der Waals surface area contributed by atoms with Crippen molar-refractivity contribution in [3.05, 3.63) is 25.3 Å². The highest BCUT2D eigenvalue weighted by Gasteiger charge is 2.52. The van der Waals surface area contributed by atoms with Gasteiger partial charge in [-0.2, -0.15) is 8.62 Å². The number of amides is 5. The van der Waals surface area contributed by atoms with Crippen molar-refractivity contribution in [3.63, 3.8) is 0 Å². The Hall–Kier alpha value is -5.43. The number of hydrogen-bond donors (Lipinski definition) is 19. The van der Waals surface area contributed by atoms with Crippen molar-refractivity contribution in [2.75, 3.05) is 76.4 Å². The average Bonchev–Trinajstić information content (AvgIpc) is 1.62. The van der Waals surface area contributed by atoms with Gasteiger partial charge in [0.15, 0.2) is 40.5 Å². The number of aliphatic hydroxyl groups is 4. The van der Waals surface area contributed by atoms with Crippen molar-refractivity contribution in [2.45, 2.75) is 115 Å². The van der Waals surface area contributed by atoms with Crippen LogP contribution in [0.2, 0.25) is 0 Å². The Balaban J connectivity index is 0.784. The molecule has 4 aromatic rings. The first-order valence-corrected chi connectivity index (χ1v) is 39.4. The molecular formula is C46H75N15O34P6S. The molecule has 49 nitrogen and oxygen atoms in total. The van der Waals surface area contributed by atoms with E-state index in [1.807, 2.05) is 0 Å². The van der Waals surface area contributed by atoms with E-state index in [4.69, 9.17) is 39.0 Å². The lowest BCUT2D eigenvalue weighted by Gasteiger charge is -2.30. The van der Waals surface area contributed by atoms with E-state index in [9.17, 15) is 116 Å². The van der Waals surface area contributed by atoms with Crippen molar-refractivity contribution in [1.82, 2.24) is 65.6 Å². The first kappa shape index (κ1) is 85.5. The number of nitrogens with two attached hydrogens (primary N) is 2. The van der Waals surface area contributed by atoms with Gasteiger partial charge in [0.25, 0.3) is 0 Å². The normalized spacial score (nSPS) is 22.7. The monoisotopic (exact) mass is 1600 g/mol. The summed E-state index contributed by atoms with van der Waals surface area (Å²) in [6, 6.07) is 0. The van der Waals surface area contributed by atoms with Crippen molar-refractivity contribution in [1.29, 1.82) is 0 Å². The molecule has 0 aromatic carbocycles. The van der Waals surface area contributed by atoms with E-state index in [-0.39, 0.29) is 98.1 Å². The van der Waals surface area contributed by atoms with Gasteiger partial charge in [0.2, 0.25) is 29.5 Å². The fourth-order valence-electron chi connectivity index (χ4n) is 9.01. The molecule has 6 heterocycles. The van der Waals surface area contributed by atoms with Crippen LogP contribution in [0.15, 0.2) is 25.3 Å². The Kier molecular flexibility index (Phi) is 30.0. The van der Waals surface area contributed by atoms with Crippen LogP contribution in [-0.2, 0) is 101 Å². The lowest BCUT2D eigenvalue weighted by atomic mass is 9.87. The van der Waals surface area contributed by atoms with E-state index < -0.39 is 180 Å². The zero-order valence-electron chi connectivity index (χ0n) is 53.7. The van der Waals surface area contributed by atoms with Crippen molar-refractivity contribution in [3.8, 4) is 0 Å². The molecule has 2 saturated heterocycles. The van der Waals surface area contributed by atoms with Gasteiger partial charge in [-0.25, -0.2) is 57.3 Å². The summed E-state index contributed by atoms with van der Waals surface area (Å²) < 4.78 is 125. The maximum absolute atomic E-state index is 12.8. The number of nitrogens with one attached hydrogen (secondary N) is 5. The summed E-state index contributed by atoms with van der Waals surface area (Å²) in [5, 5.41) is 54.9. The average molecular weight is 1600 g/mol. The van der Waals surface area contributed by atoms with Gasteiger partial charge in [-0.15, -0.1) is 0 Å². The largest absolute Gasteiger partial charge is 0.481 e. The minimum Gasteiger partial charge on any atom is -0.386 e. The van der Waals surface area contributed by atoms with Gasteiger partial charge in [-0.1, -0.05) is 39.5 Å². The maximum Gasteiger partial charge on any atom is 0.481 e. The van der Waals surface area contributed by atoms with Crippen molar-refractivity contribution >= 4 is 127 Å². The molecule has 14 unspecified atom stereocenters. The van der Waals surface area contributed by atoms with E-state index in [0.29, 0.717) is 0 Å². The summed E-state index contributed by atoms with van der Waals surface area (Å²) in [4.78, 5) is 178. The summed E-state index contributed by atoms with van der Waals surface area (Å²) in [5.74, 6) is -4.03. The fraction of sp³-hybridized carbons (Fsp3) is 0.652. The standard InChI is InChI=1S/C46H75N15O34P6S/c1-45(2,17-88-100(82,83)94-98(78,79)86-15-23-33(92-96(72,73)74)31(66)43(90-23)60-21-58-29-37(47)54-19-56-39(29)60)35(68)41(70)52-9-7-26(63)50-12-11-49-25(62)5-6-28(65)102-14-13-51-27(64)8-10-53-42(71)36(69)46(3,4)18-89-101(84,85)95-99(80,81)87-16-24-34(93-97(75,76)77)32(67)44(91-24)61-22-59-30-38(48)55-20-57-40(30)61/h19-24,31-36,43-44,66-69H,5-18H2,1-4H3,(H,49,62)(H,50,63)(H,51,64)(H,52,70)(H,53,71)(H,78,79)(H,80,81)(H,82,83)(H,84,85)(H2,47,54,56)(H2,48,55,57)(H2,72,73,74)(H2,75,76,77). The van der Waals surface area contributed by atoms with Gasteiger partial charge < -0.3 is 107 Å². The molecule has 2 aliphatic heterocycles. The predicted molar refractivity (Wildman–Crippen MR) is 339 cm³/mol. The van der Waals surface area contributed by atoms with E-state index in [0.717, 1.165) is 46.2 Å². The molecule has 5 amide bonds. The second-order valence-electron chi connectivity index (χ2n) is 23.2. The molecular weight excluding hydrogens is 1520 g/mol. The number of fused-ring (bicyclic) bond motifs is 2. The number of aliphatic hydroxyl groups excluding tert-OH is 4. The van der Waals surface area contributed by atoms with Gasteiger partial charge >= 0.3 is 46.9 Å². The van der Waals surface area contributed by atoms with Crippen LogP contribution in [0, 0.1) is 10.8 Å². The van der Waals surface area contributed by atoms with Gasteiger partial charge in [-0.3, -0.25) is 65.0 Å². The Labute approximate surface area is 579 Å². The Morgan fingerprint density at radius 2 is 0.892 bits per heavy atom. The second kappa shape index (κ2) is 35.8. The molecule has 14 atom stereocenters. The number of carbonyl (C=O) groups excluding carboxylic acids is 6. The third-order valence-electron chi connectivity index (χ3n) is 14.2. The lowest BCUT2D eigenvalue weighted by Crippen LogP contribution is -2.46. The number of aromatic nitrogens is 8. The molecule has 56 heteroatoms. The molecule has 4 aromatic heterocycles. The fourth-order valence-corrected chi connectivity index (χ4v) is 15.4. The molecule has 2 aliphatic rings. The predicted octanol–water partition coefficient (Wildman–Crippen LogP) is -4.02. The third-order valence-corrected chi connectivity index (χ3v) is 21.3. The molecule has 102 heavy (non-hydrogen) atoms. The summed E-state index contributed by atoms with van der Waals surface area (Å²) >= 11 is 0.797. The molecule has 0 spiro atoms. The topological polar surface area (TPSA) is 739 Å². The highest BCUT2D eigenvalue weighted by atomic mass is 32.2. The Morgan fingerprint density at radius 3 is 1.27 bits per heavy atom. The quantitative estimate of drug-likeness (QED) is 0.0149. The Morgan fingerprint density at radius 1 is 0.529 bits per heavy atom. The van der Waals surface area contributed by atoms with Gasteiger partial charge in [-0.05, 0) is 0 Å². The summed E-state index contributed by atoms with van der Waals surface area (Å²) in [6.07, 6.45) is -15.4. The number of nitrogens with zero attached hydrogens (tertiary/aromatic N) is 8. The molecule has 0 saturated carbocycles. The van der Waals surface area contributed by atoms with Gasteiger partial charge in [0, 0.05) is 75.0 Å². The lowest BCUT2D eigenvalue weighted by molar-refractivity contribution is -0.137. The maximum atomic E-state index is 12.8. The zero-order valence-corrected chi connectivity index (χ0v) is 59.8. The smallest absolute Gasteiger partial charge is 0.386 e. The second-order valence-corrected chi connectivity index (χ2v) is 32.8.